The first-order valence-electron chi connectivity index (χ1n) is 11.6. The number of rotatable bonds is 6. The van der Waals surface area contributed by atoms with Gasteiger partial charge in [-0.3, -0.25) is 38.6 Å². The Hall–Kier alpha value is -2.46. The van der Waals surface area contributed by atoms with Crippen molar-refractivity contribution in [1.82, 2.24) is 9.80 Å². The molecule has 192 valence electrons. The van der Waals surface area contributed by atoms with Crippen LogP contribution in [0.1, 0.15) is 68.2 Å². The highest BCUT2D eigenvalue weighted by atomic mass is 16.2. The third kappa shape index (κ3) is 6.35. The van der Waals surface area contributed by atoms with Gasteiger partial charge >= 0.3 is 0 Å². The number of likely N-dealkylation sites (tertiary alicyclic amines) is 2. The number of imide groups is 2. The number of amides is 4. The minimum Gasteiger partial charge on any atom is -0.328 e. The second-order valence-electron chi connectivity index (χ2n) is 11.1. The topological polar surface area (TPSA) is 161 Å². The summed E-state index contributed by atoms with van der Waals surface area (Å²) in [6.45, 7) is 13.9. The van der Waals surface area contributed by atoms with Gasteiger partial charge < -0.3 is 11.5 Å². The van der Waals surface area contributed by atoms with E-state index in [2.05, 4.69) is 0 Å². The van der Waals surface area contributed by atoms with Crippen LogP contribution in [-0.4, -0.2) is 70.2 Å². The number of nitrogens with two attached hydrogens (primary N) is 2. The highest BCUT2D eigenvalue weighted by Gasteiger charge is 2.45. The van der Waals surface area contributed by atoms with Crippen molar-refractivity contribution in [3.8, 4) is 0 Å². The van der Waals surface area contributed by atoms with Gasteiger partial charge in [-0.1, -0.05) is 55.4 Å². The standard InChI is InChI=1S/2C12H20N2O3/c2*1-7-5-9(15)14(11(7)17)8(6-13)10(16)12(2,3)4/h2*7-8H,5-6,13H2,1-4H3/t7?,8-;/m0./s1. The van der Waals surface area contributed by atoms with Gasteiger partial charge in [-0.15, -0.1) is 0 Å². The second-order valence-corrected chi connectivity index (χ2v) is 11.1. The number of carbonyl (C=O) groups excluding carboxylic acids is 6. The fraction of sp³-hybridized carbons (Fsp3) is 0.750. The average molecular weight is 481 g/mol. The molecule has 34 heavy (non-hydrogen) atoms. The van der Waals surface area contributed by atoms with Gasteiger partial charge in [0.25, 0.3) is 0 Å². The van der Waals surface area contributed by atoms with Gasteiger partial charge in [0.1, 0.15) is 12.1 Å². The van der Waals surface area contributed by atoms with Gasteiger partial charge in [0.15, 0.2) is 11.6 Å². The van der Waals surface area contributed by atoms with E-state index in [-0.39, 0.29) is 73.0 Å². The minimum atomic E-state index is -0.819. The van der Waals surface area contributed by atoms with Gasteiger partial charge in [-0.25, -0.2) is 0 Å². The Bertz CT molecular complexity index is 785. The first-order chi connectivity index (χ1) is 15.4. The summed E-state index contributed by atoms with van der Waals surface area (Å²) in [5.41, 5.74) is 9.88. The molecule has 0 aromatic heterocycles. The Balaban J connectivity index is 0.000000340. The zero-order chi connectivity index (χ0) is 26.8. The van der Waals surface area contributed by atoms with Crippen LogP contribution in [0.4, 0.5) is 0 Å². The van der Waals surface area contributed by atoms with Crippen LogP contribution in [0.15, 0.2) is 0 Å². The van der Waals surface area contributed by atoms with E-state index in [0.29, 0.717) is 0 Å². The van der Waals surface area contributed by atoms with Gasteiger partial charge in [-0.05, 0) is 0 Å². The highest BCUT2D eigenvalue weighted by molar-refractivity contribution is 6.08. The Morgan fingerprint density at radius 1 is 0.735 bits per heavy atom. The number of hydrogen-bond acceptors (Lipinski definition) is 8. The van der Waals surface area contributed by atoms with Crippen LogP contribution in [0, 0.1) is 22.7 Å². The molecule has 10 heteroatoms. The molecule has 0 aliphatic carbocycles. The van der Waals surface area contributed by atoms with Crippen LogP contribution in [0.3, 0.4) is 0 Å². The lowest BCUT2D eigenvalue weighted by Crippen LogP contribution is -2.52. The van der Waals surface area contributed by atoms with Crippen molar-refractivity contribution in [2.75, 3.05) is 13.1 Å². The quantitative estimate of drug-likeness (QED) is 0.524. The lowest BCUT2D eigenvalue weighted by Gasteiger charge is -2.29. The SMILES string of the molecule is CC1CC(=O)N(C(CN)C(=O)C(C)(C)C)C1=O.CC1CC(=O)N([C@@H](CN)C(=O)C(C)(C)C)C1=O. The molecule has 0 bridgehead atoms. The molecule has 3 unspecified atom stereocenters. The summed E-state index contributed by atoms with van der Waals surface area (Å²) in [6.07, 6.45) is 0.347. The molecule has 2 fully saturated rings. The van der Waals surface area contributed by atoms with Crippen LogP contribution in [0.2, 0.25) is 0 Å². The maximum atomic E-state index is 12.2. The molecule has 2 aliphatic heterocycles. The minimum absolute atomic E-state index is 0.0136. The molecule has 0 radical (unpaired) electrons. The molecule has 4 N–H and O–H groups in total. The van der Waals surface area contributed by atoms with E-state index >= 15 is 0 Å². The molecule has 0 aromatic rings. The monoisotopic (exact) mass is 480 g/mol. The summed E-state index contributed by atoms with van der Waals surface area (Å²) in [4.78, 5) is 73.6. The maximum absolute atomic E-state index is 12.2. The second kappa shape index (κ2) is 10.9. The van der Waals surface area contributed by atoms with Gasteiger partial charge in [0.05, 0.1) is 0 Å². The van der Waals surface area contributed by atoms with E-state index < -0.39 is 22.9 Å². The first-order valence-corrected chi connectivity index (χ1v) is 11.6. The van der Waals surface area contributed by atoms with E-state index in [1.807, 2.05) is 0 Å². The molecule has 2 aliphatic rings. The van der Waals surface area contributed by atoms with Gasteiger partial charge in [0.2, 0.25) is 23.6 Å². The summed E-state index contributed by atoms with van der Waals surface area (Å²) in [6, 6.07) is -1.64. The van der Waals surface area contributed by atoms with Crippen LogP contribution < -0.4 is 11.5 Å². The van der Waals surface area contributed by atoms with Crippen molar-refractivity contribution in [3.05, 3.63) is 0 Å². The van der Waals surface area contributed by atoms with E-state index in [1.165, 1.54) is 0 Å². The zero-order valence-electron chi connectivity index (χ0n) is 21.6. The Morgan fingerprint density at radius 3 is 1.15 bits per heavy atom. The third-order valence-electron chi connectivity index (χ3n) is 5.97. The smallest absolute Gasteiger partial charge is 0.233 e. The Morgan fingerprint density at radius 2 is 1.00 bits per heavy atom. The summed E-state index contributed by atoms with van der Waals surface area (Å²) in [5, 5.41) is 0. The van der Waals surface area contributed by atoms with E-state index in [0.717, 1.165) is 9.80 Å². The van der Waals surface area contributed by atoms with E-state index in [9.17, 15) is 28.8 Å². The summed E-state index contributed by atoms with van der Waals surface area (Å²) < 4.78 is 0. The van der Waals surface area contributed by atoms with Crippen molar-refractivity contribution in [2.45, 2.75) is 80.3 Å². The summed E-state index contributed by atoms with van der Waals surface area (Å²) >= 11 is 0. The predicted octanol–water partition coefficient (Wildman–Crippen LogP) is 0.648. The fourth-order valence-corrected chi connectivity index (χ4v) is 3.93. The normalized spacial score (nSPS) is 23.1. The average Bonchev–Trinajstić information content (AvgIpc) is 3.11. The lowest BCUT2D eigenvalue weighted by atomic mass is 9.86. The Labute approximate surface area is 201 Å². The fourth-order valence-electron chi connectivity index (χ4n) is 3.93. The maximum Gasteiger partial charge on any atom is 0.233 e. The molecular weight excluding hydrogens is 440 g/mol. The molecule has 10 nitrogen and oxygen atoms in total. The molecule has 0 saturated carbocycles. The number of hydrogen-bond donors (Lipinski definition) is 2. The molecule has 2 saturated heterocycles. The summed E-state index contributed by atoms with van der Waals surface area (Å²) in [7, 11) is 0. The molecule has 0 aromatic carbocycles. The number of nitrogens with zero attached hydrogens (tertiary/aromatic N) is 2. The zero-order valence-corrected chi connectivity index (χ0v) is 21.6. The van der Waals surface area contributed by atoms with Crippen molar-refractivity contribution in [3.63, 3.8) is 0 Å². The first kappa shape index (κ1) is 29.6. The lowest BCUT2D eigenvalue weighted by molar-refractivity contribution is -0.149. The van der Waals surface area contributed by atoms with E-state index in [1.54, 1.807) is 55.4 Å². The molecule has 2 rings (SSSR count). The Kier molecular flexibility index (Phi) is 9.44. The molecule has 4 amide bonds. The summed E-state index contributed by atoms with van der Waals surface area (Å²) in [5.74, 6) is -2.20. The number of Topliss-reactive ketones (excluding diaryl/α,β-unsaturated/α-hetero) is 2. The third-order valence-corrected chi connectivity index (χ3v) is 5.97. The molecular formula is C24H40N4O6. The van der Waals surface area contributed by atoms with Gasteiger partial charge in [-0.2, -0.15) is 0 Å². The molecule has 0 spiro atoms. The highest BCUT2D eigenvalue weighted by Crippen LogP contribution is 2.27. The van der Waals surface area contributed by atoms with Crippen molar-refractivity contribution >= 4 is 35.2 Å². The van der Waals surface area contributed by atoms with E-state index in [4.69, 9.17) is 11.5 Å². The number of ketones is 2. The van der Waals surface area contributed by atoms with Crippen LogP contribution in [-0.2, 0) is 28.8 Å². The van der Waals surface area contributed by atoms with Crippen molar-refractivity contribution in [2.24, 2.45) is 34.1 Å². The van der Waals surface area contributed by atoms with Crippen LogP contribution in [0.25, 0.3) is 0 Å². The van der Waals surface area contributed by atoms with Crippen molar-refractivity contribution in [1.29, 1.82) is 0 Å². The molecule has 4 atom stereocenters. The predicted molar refractivity (Wildman–Crippen MR) is 126 cm³/mol. The molecule has 2 heterocycles. The van der Waals surface area contributed by atoms with Crippen molar-refractivity contribution < 1.29 is 28.8 Å². The largest absolute Gasteiger partial charge is 0.328 e. The van der Waals surface area contributed by atoms with Gasteiger partial charge in [0, 0.05) is 48.6 Å². The van der Waals surface area contributed by atoms with Crippen LogP contribution >= 0.6 is 0 Å². The van der Waals surface area contributed by atoms with Crippen LogP contribution in [0.5, 0.6) is 0 Å². The number of carbonyl (C=O) groups is 6.